The SMILES string of the molecule is c1ccc(-c2ccccc2-c2ccc3c(c2)c2cc(-c4ccccc4-c4ccccc4)ccc2n3-c2ccc(N(c3ccccc3)c3cccc(-c4c5ccccc5c(-c5ccccc5)c5ccccc45)c3)cc2)cc1. The first kappa shape index (κ1) is 44.7. The molecule has 1 heterocycles. The molecule has 14 rings (SSSR count). The third kappa shape index (κ3) is 7.83. The number of hydrogen-bond donors (Lipinski definition) is 0. The summed E-state index contributed by atoms with van der Waals surface area (Å²) in [5.41, 5.74) is 21.2. The maximum atomic E-state index is 2.44. The highest BCUT2D eigenvalue weighted by molar-refractivity contribution is 6.21. The number of anilines is 3. The Bertz CT molecular complexity index is 4230. The van der Waals surface area contributed by atoms with Gasteiger partial charge in [-0.25, -0.2) is 0 Å². The van der Waals surface area contributed by atoms with E-state index >= 15 is 0 Å². The normalized spacial score (nSPS) is 11.4. The second-order valence-corrected chi connectivity index (χ2v) is 19.6. The third-order valence-corrected chi connectivity index (χ3v) is 15.2. The van der Waals surface area contributed by atoms with Crippen LogP contribution in [0.1, 0.15) is 0 Å². The molecular weight excluding hydrogens is 917 g/mol. The second-order valence-electron chi connectivity index (χ2n) is 19.6. The van der Waals surface area contributed by atoms with Crippen LogP contribution >= 0.6 is 0 Å². The molecule has 13 aromatic carbocycles. The minimum absolute atomic E-state index is 1.07. The van der Waals surface area contributed by atoms with Crippen molar-refractivity contribution >= 4 is 60.4 Å². The van der Waals surface area contributed by atoms with E-state index in [9.17, 15) is 0 Å². The summed E-state index contributed by atoms with van der Waals surface area (Å²) in [6.45, 7) is 0. The zero-order chi connectivity index (χ0) is 50.4. The van der Waals surface area contributed by atoms with E-state index in [0.717, 1.165) is 33.8 Å². The van der Waals surface area contributed by atoms with Crippen LogP contribution in [0.2, 0.25) is 0 Å². The predicted octanol–water partition coefficient (Wildman–Crippen LogP) is 20.6. The summed E-state index contributed by atoms with van der Waals surface area (Å²) in [4.78, 5) is 2.38. The molecule has 2 heteroatoms. The highest BCUT2D eigenvalue weighted by atomic mass is 15.1. The lowest BCUT2D eigenvalue weighted by atomic mass is 9.86. The van der Waals surface area contributed by atoms with Gasteiger partial charge in [-0.05, 0) is 161 Å². The Morgan fingerprint density at radius 2 is 0.566 bits per heavy atom. The van der Waals surface area contributed by atoms with E-state index < -0.39 is 0 Å². The molecule has 356 valence electrons. The van der Waals surface area contributed by atoms with Crippen molar-refractivity contribution in [2.75, 3.05) is 4.90 Å². The maximum absolute atomic E-state index is 2.44. The molecule has 0 aliphatic carbocycles. The number of aromatic nitrogens is 1. The van der Waals surface area contributed by atoms with Gasteiger partial charge in [-0.1, -0.05) is 231 Å². The first-order valence-corrected chi connectivity index (χ1v) is 26.2. The van der Waals surface area contributed by atoms with Gasteiger partial charge in [-0.2, -0.15) is 0 Å². The third-order valence-electron chi connectivity index (χ3n) is 15.2. The van der Waals surface area contributed by atoms with Crippen molar-refractivity contribution in [3.05, 3.63) is 303 Å². The van der Waals surface area contributed by atoms with Gasteiger partial charge in [0.05, 0.1) is 11.0 Å². The van der Waals surface area contributed by atoms with Gasteiger partial charge in [0, 0.05) is 33.5 Å². The molecule has 0 radical (unpaired) electrons. The highest BCUT2D eigenvalue weighted by Gasteiger charge is 2.21. The molecule has 0 aliphatic rings. The van der Waals surface area contributed by atoms with Crippen LogP contribution in [0.5, 0.6) is 0 Å². The molecule has 0 saturated heterocycles. The highest BCUT2D eigenvalue weighted by Crippen LogP contribution is 2.46. The van der Waals surface area contributed by atoms with Gasteiger partial charge in [-0.15, -0.1) is 0 Å². The van der Waals surface area contributed by atoms with E-state index in [-0.39, 0.29) is 0 Å². The quantitative estimate of drug-likeness (QED) is 0.124. The minimum atomic E-state index is 1.07. The van der Waals surface area contributed by atoms with E-state index in [1.807, 2.05) is 0 Å². The average Bonchev–Trinajstić information content (AvgIpc) is 3.88. The molecule has 0 fully saturated rings. The zero-order valence-electron chi connectivity index (χ0n) is 41.8. The van der Waals surface area contributed by atoms with E-state index in [1.54, 1.807) is 0 Å². The van der Waals surface area contributed by atoms with Crippen LogP contribution in [-0.4, -0.2) is 4.57 Å². The molecule has 0 aliphatic heterocycles. The maximum Gasteiger partial charge on any atom is 0.0541 e. The smallest absolute Gasteiger partial charge is 0.0541 e. The Balaban J connectivity index is 0.917. The molecule has 0 atom stereocenters. The summed E-state index contributed by atoms with van der Waals surface area (Å²) < 4.78 is 2.44. The number of benzene rings is 13. The molecule has 14 aromatic rings. The first-order valence-electron chi connectivity index (χ1n) is 26.2. The largest absolute Gasteiger partial charge is 0.310 e. The Kier molecular flexibility index (Phi) is 11.2. The lowest BCUT2D eigenvalue weighted by Crippen LogP contribution is -2.10. The molecule has 2 nitrogen and oxygen atoms in total. The predicted molar refractivity (Wildman–Crippen MR) is 323 cm³/mol. The molecule has 0 bridgehead atoms. The van der Waals surface area contributed by atoms with Crippen LogP contribution in [0.25, 0.3) is 116 Å². The van der Waals surface area contributed by atoms with Gasteiger partial charge in [0.1, 0.15) is 0 Å². The molecule has 0 N–H and O–H groups in total. The van der Waals surface area contributed by atoms with Crippen LogP contribution in [0.15, 0.2) is 303 Å². The van der Waals surface area contributed by atoms with Crippen LogP contribution in [0.4, 0.5) is 17.1 Å². The van der Waals surface area contributed by atoms with Crippen molar-refractivity contribution in [2.24, 2.45) is 0 Å². The molecule has 0 spiro atoms. The van der Waals surface area contributed by atoms with Crippen LogP contribution in [0.3, 0.4) is 0 Å². The van der Waals surface area contributed by atoms with Crippen molar-refractivity contribution in [3.63, 3.8) is 0 Å². The van der Waals surface area contributed by atoms with Crippen molar-refractivity contribution in [2.45, 2.75) is 0 Å². The summed E-state index contributed by atoms with van der Waals surface area (Å²) in [5, 5.41) is 7.37. The zero-order valence-corrected chi connectivity index (χ0v) is 41.8. The fourth-order valence-corrected chi connectivity index (χ4v) is 11.8. The minimum Gasteiger partial charge on any atom is -0.310 e. The van der Waals surface area contributed by atoms with Crippen molar-refractivity contribution in [1.82, 2.24) is 4.57 Å². The van der Waals surface area contributed by atoms with Gasteiger partial charge in [0.2, 0.25) is 0 Å². The molecule has 1 aromatic heterocycles. The molecular formula is C74H50N2. The molecule has 76 heavy (non-hydrogen) atoms. The average molecular weight is 967 g/mol. The number of fused-ring (bicyclic) bond motifs is 5. The number of rotatable bonds is 10. The standard InChI is InChI=1S/C74H50N2/c1-5-22-51(23-6-1)61-32-13-15-34-63(61)54-40-46-71-69(49-54)70-50-55(64-35-16-14-33-62(64)52-24-7-2-8-25-52)41-47-72(70)76(71)59-44-42-58(43-45-59)75(57-29-11-4-12-30-57)60-31-21-28-56(48-60)74-67-38-19-17-36-65(67)73(53-26-9-3-10-27-53)66-37-18-20-39-68(66)74/h1-50H. The Morgan fingerprint density at radius 3 is 1.04 bits per heavy atom. The summed E-state index contributed by atoms with van der Waals surface area (Å²) in [7, 11) is 0. The molecule has 0 unspecified atom stereocenters. The van der Waals surface area contributed by atoms with E-state index in [2.05, 4.69) is 313 Å². The number of nitrogens with zero attached hydrogens (tertiary/aromatic N) is 2. The fraction of sp³-hybridized carbons (Fsp3) is 0. The first-order chi connectivity index (χ1) is 37.7. The van der Waals surface area contributed by atoms with Gasteiger partial charge in [0.15, 0.2) is 0 Å². The van der Waals surface area contributed by atoms with Crippen molar-refractivity contribution in [1.29, 1.82) is 0 Å². The molecule has 0 amide bonds. The van der Waals surface area contributed by atoms with Crippen molar-refractivity contribution < 1.29 is 0 Å². The summed E-state index contributed by atoms with van der Waals surface area (Å²) in [6, 6.07) is 111. The monoisotopic (exact) mass is 966 g/mol. The van der Waals surface area contributed by atoms with E-state index in [0.29, 0.717) is 0 Å². The van der Waals surface area contributed by atoms with Crippen molar-refractivity contribution in [3.8, 4) is 72.4 Å². The Morgan fingerprint density at radius 1 is 0.211 bits per heavy atom. The summed E-state index contributed by atoms with van der Waals surface area (Å²) in [5.74, 6) is 0. The van der Waals surface area contributed by atoms with Gasteiger partial charge >= 0.3 is 0 Å². The second kappa shape index (κ2) is 19.1. The van der Waals surface area contributed by atoms with Gasteiger partial charge in [0.25, 0.3) is 0 Å². The Hall–Kier alpha value is -10.0. The van der Waals surface area contributed by atoms with Crippen LogP contribution < -0.4 is 4.90 Å². The summed E-state index contributed by atoms with van der Waals surface area (Å²) >= 11 is 0. The van der Waals surface area contributed by atoms with Gasteiger partial charge < -0.3 is 9.47 Å². The van der Waals surface area contributed by atoms with Gasteiger partial charge in [-0.3, -0.25) is 0 Å². The van der Waals surface area contributed by atoms with Crippen LogP contribution in [0, 0.1) is 0 Å². The van der Waals surface area contributed by atoms with E-state index in [1.165, 1.54) is 99.1 Å². The Labute approximate surface area is 443 Å². The number of para-hydroxylation sites is 1. The fourth-order valence-electron chi connectivity index (χ4n) is 11.8. The summed E-state index contributed by atoms with van der Waals surface area (Å²) in [6.07, 6.45) is 0. The van der Waals surface area contributed by atoms with Crippen LogP contribution in [-0.2, 0) is 0 Å². The number of hydrogen-bond acceptors (Lipinski definition) is 1. The molecule has 0 saturated carbocycles. The lowest BCUT2D eigenvalue weighted by molar-refractivity contribution is 1.17. The van der Waals surface area contributed by atoms with E-state index in [4.69, 9.17) is 0 Å². The lowest BCUT2D eigenvalue weighted by Gasteiger charge is -2.26. The topological polar surface area (TPSA) is 8.17 Å².